The number of nitrogens with zero attached hydrogens (tertiary/aromatic N) is 4. The molecular formula is C26H43N5O5. The van der Waals surface area contributed by atoms with Gasteiger partial charge >= 0.3 is 12.1 Å². The molecule has 36 heavy (non-hydrogen) atoms. The predicted octanol–water partition coefficient (Wildman–Crippen LogP) is 2.37. The van der Waals surface area contributed by atoms with Crippen molar-refractivity contribution in [3.8, 4) is 0 Å². The minimum absolute atomic E-state index is 0.000211. The lowest BCUT2D eigenvalue weighted by molar-refractivity contribution is -0.142. The summed E-state index contributed by atoms with van der Waals surface area (Å²) in [6.07, 6.45) is 4.31. The molecule has 2 heterocycles. The number of unbranched alkanes of at least 4 members (excludes halogenated alkanes) is 1. The molecule has 1 atom stereocenters. The van der Waals surface area contributed by atoms with Crippen LogP contribution in [0, 0.1) is 0 Å². The molecule has 1 aliphatic heterocycles. The number of rotatable bonds is 11. The lowest BCUT2D eigenvalue weighted by Gasteiger charge is -2.31. The molecule has 0 saturated heterocycles. The fourth-order valence-corrected chi connectivity index (χ4v) is 3.95. The zero-order chi connectivity index (χ0) is 26.9. The summed E-state index contributed by atoms with van der Waals surface area (Å²) >= 11 is 0. The fourth-order valence-electron chi connectivity index (χ4n) is 3.95. The number of nitrogens with two attached hydrogens (primary N) is 1. The minimum Gasteiger partial charge on any atom is -0.468 e. The number of aryl methyl sites for hydroxylation is 2. The Morgan fingerprint density at radius 1 is 1.17 bits per heavy atom. The van der Waals surface area contributed by atoms with Crippen molar-refractivity contribution < 1.29 is 23.9 Å². The summed E-state index contributed by atoms with van der Waals surface area (Å²) in [5, 5.41) is 0. The molecular weight excluding hydrogens is 462 g/mol. The second-order valence-corrected chi connectivity index (χ2v) is 10.5. The number of ether oxygens (including phenoxy) is 2. The number of carbonyl (C=O) groups excluding carboxylic acids is 3. The van der Waals surface area contributed by atoms with Gasteiger partial charge in [0.05, 0.1) is 13.7 Å². The van der Waals surface area contributed by atoms with Crippen LogP contribution in [0.15, 0.2) is 12.1 Å². The van der Waals surface area contributed by atoms with Crippen molar-refractivity contribution in [1.29, 1.82) is 0 Å². The monoisotopic (exact) mass is 505 g/mol. The number of methoxy groups -OCH3 is 1. The van der Waals surface area contributed by atoms with Crippen LogP contribution in [0.25, 0.3) is 0 Å². The largest absolute Gasteiger partial charge is 0.468 e. The summed E-state index contributed by atoms with van der Waals surface area (Å²) in [6, 6.07) is 3.38. The molecule has 1 aromatic rings. The highest BCUT2D eigenvalue weighted by molar-refractivity contribution is 5.88. The molecule has 1 aromatic heterocycles. The van der Waals surface area contributed by atoms with Gasteiger partial charge in [0.25, 0.3) is 0 Å². The molecule has 10 heteroatoms. The van der Waals surface area contributed by atoms with Gasteiger partial charge in [-0.05, 0) is 77.5 Å². The number of likely N-dealkylation sites (N-methyl/N-ethyl adjacent to an activating group) is 1. The summed E-state index contributed by atoms with van der Waals surface area (Å²) in [6.45, 7) is 7.67. The average molecular weight is 506 g/mol. The first kappa shape index (κ1) is 29.5. The third-order valence-electron chi connectivity index (χ3n) is 5.99. The molecule has 0 aromatic carbocycles. The predicted molar refractivity (Wildman–Crippen MR) is 139 cm³/mol. The molecule has 2 N–H and O–H groups in total. The van der Waals surface area contributed by atoms with Gasteiger partial charge in [0.2, 0.25) is 5.91 Å². The smallest absolute Gasteiger partial charge is 0.416 e. The molecule has 2 rings (SSSR count). The van der Waals surface area contributed by atoms with E-state index in [2.05, 4.69) is 6.07 Å². The number of fused-ring (bicyclic) bond motifs is 1. The van der Waals surface area contributed by atoms with Crippen LogP contribution >= 0.6 is 0 Å². The van der Waals surface area contributed by atoms with Gasteiger partial charge in [-0.1, -0.05) is 6.07 Å². The van der Waals surface area contributed by atoms with E-state index in [-0.39, 0.29) is 18.5 Å². The second kappa shape index (κ2) is 13.5. The summed E-state index contributed by atoms with van der Waals surface area (Å²) in [5.74, 6) is 0.246. The van der Waals surface area contributed by atoms with Crippen molar-refractivity contribution in [2.75, 3.05) is 52.3 Å². The van der Waals surface area contributed by atoms with Crippen LogP contribution in [0.1, 0.15) is 57.7 Å². The highest BCUT2D eigenvalue weighted by atomic mass is 16.6. The maximum atomic E-state index is 12.7. The number of amides is 2. The standard InChI is InChI=1S/C26H43N5O5/c1-26(2,3)36-25(34)31-16-9-10-19-12-13-20(28-23(19)31)11-7-8-15-30(18-22(32)29(4)5)17-14-21(27)24(33)35-6/h12-13,21H,7-11,14-18,27H2,1-6H3/t21-/m0/s1. The maximum absolute atomic E-state index is 12.7. The van der Waals surface area contributed by atoms with E-state index in [0.29, 0.717) is 31.9 Å². The second-order valence-electron chi connectivity index (χ2n) is 10.5. The normalized spacial score (nSPS) is 14.3. The van der Waals surface area contributed by atoms with Crippen LogP contribution in [0.3, 0.4) is 0 Å². The van der Waals surface area contributed by atoms with Gasteiger partial charge in [-0.25, -0.2) is 9.78 Å². The highest BCUT2D eigenvalue weighted by Crippen LogP contribution is 2.27. The number of anilines is 1. The Labute approximate surface area is 215 Å². The van der Waals surface area contributed by atoms with Gasteiger partial charge in [0.1, 0.15) is 17.5 Å². The van der Waals surface area contributed by atoms with Crippen molar-refractivity contribution in [1.82, 2.24) is 14.8 Å². The van der Waals surface area contributed by atoms with Crippen molar-refractivity contribution >= 4 is 23.8 Å². The van der Waals surface area contributed by atoms with E-state index in [1.165, 1.54) is 7.11 Å². The van der Waals surface area contributed by atoms with Gasteiger partial charge in [-0.2, -0.15) is 0 Å². The summed E-state index contributed by atoms with van der Waals surface area (Å²) in [7, 11) is 4.77. The van der Waals surface area contributed by atoms with Gasteiger partial charge in [0, 0.05) is 32.9 Å². The van der Waals surface area contributed by atoms with Gasteiger partial charge in [-0.3, -0.25) is 19.4 Å². The lowest BCUT2D eigenvalue weighted by atomic mass is 10.0. The van der Waals surface area contributed by atoms with Crippen LogP contribution in [-0.2, 0) is 31.9 Å². The third-order valence-corrected chi connectivity index (χ3v) is 5.99. The highest BCUT2D eigenvalue weighted by Gasteiger charge is 2.28. The van der Waals surface area contributed by atoms with Crippen molar-refractivity contribution in [3.05, 3.63) is 23.4 Å². The lowest BCUT2D eigenvalue weighted by Crippen LogP contribution is -2.41. The SMILES string of the molecule is COC(=O)[C@@H](N)CCN(CCCCc1ccc2c(n1)N(C(=O)OC(C)(C)C)CCC2)CC(=O)N(C)C. The first-order valence-electron chi connectivity index (χ1n) is 12.7. The third kappa shape index (κ3) is 9.39. The zero-order valence-electron chi connectivity index (χ0n) is 22.7. The number of aromatic nitrogens is 1. The van der Waals surface area contributed by atoms with Gasteiger partial charge in [-0.15, -0.1) is 0 Å². The molecule has 0 radical (unpaired) electrons. The van der Waals surface area contributed by atoms with E-state index in [1.54, 1.807) is 23.9 Å². The van der Waals surface area contributed by atoms with Crippen molar-refractivity contribution in [2.24, 2.45) is 5.73 Å². The molecule has 2 amide bonds. The van der Waals surface area contributed by atoms with Gasteiger partial charge < -0.3 is 20.1 Å². The molecule has 0 fully saturated rings. The average Bonchev–Trinajstić information content (AvgIpc) is 2.82. The number of esters is 1. The Morgan fingerprint density at radius 3 is 2.53 bits per heavy atom. The molecule has 10 nitrogen and oxygen atoms in total. The summed E-state index contributed by atoms with van der Waals surface area (Å²) < 4.78 is 10.3. The Hall–Kier alpha value is -2.72. The van der Waals surface area contributed by atoms with Crippen LogP contribution in [0.4, 0.5) is 10.6 Å². The molecule has 0 unspecified atom stereocenters. The molecule has 202 valence electrons. The Kier molecular flexibility index (Phi) is 11.1. The Morgan fingerprint density at radius 2 is 1.89 bits per heavy atom. The van der Waals surface area contributed by atoms with E-state index < -0.39 is 17.6 Å². The molecule has 1 aliphatic rings. The number of hydrogen-bond donors (Lipinski definition) is 1. The molecule has 0 saturated carbocycles. The van der Waals surface area contributed by atoms with Crippen LogP contribution in [-0.4, -0.2) is 91.8 Å². The van der Waals surface area contributed by atoms with Crippen molar-refractivity contribution in [2.45, 2.75) is 70.9 Å². The number of hydrogen-bond acceptors (Lipinski definition) is 8. The number of pyridine rings is 1. The summed E-state index contributed by atoms with van der Waals surface area (Å²) in [5.41, 5.74) is 7.30. The zero-order valence-corrected chi connectivity index (χ0v) is 22.7. The van der Waals surface area contributed by atoms with Crippen LogP contribution < -0.4 is 10.6 Å². The van der Waals surface area contributed by atoms with E-state index in [9.17, 15) is 14.4 Å². The quantitative estimate of drug-likeness (QED) is 0.360. The molecule has 0 spiro atoms. The first-order valence-corrected chi connectivity index (χ1v) is 12.7. The summed E-state index contributed by atoms with van der Waals surface area (Å²) in [4.78, 5) is 46.6. The maximum Gasteiger partial charge on any atom is 0.416 e. The van der Waals surface area contributed by atoms with E-state index >= 15 is 0 Å². The van der Waals surface area contributed by atoms with Gasteiger partial charge in [0.15, 0.2) is 0 Å². The molecule has 0 aliphatic carbocycles. The van der Waals surface area contributed by atoms with Crippen LogP contribution in [0.5, 0.6) is 0 Å². The molecule has 0 bridgehead atoms. The minimum atomic E-state index is -0.709. The van der Waals surface area contributed by atoms with Crippen molar-refractivity contribution in [3.63, 3.8) is 0 Å². The Bertz CT molecular complexity index is 899. The topological polar surface area (TPSA) is 118 Å². The number of carbonyl (C=O) groups is 3. The fraction of sp³-hybridized carbons (Fsp3) is 0.692. The van der Waals surface area contributed by atoms with Crippen LogP contribution in [0.2, 0.25) is 0 Å². The van der Waals surface area contributed by atoms with E-state index in [4.69, 9.17) is 20.2 Å². The Balaban J connectivity index is 1.96. The first-order chi connectivity index (χ1) is 16.9. The van der Waals surface area contributed by atoms with E-state index in [0.717, 1.165) is 43.4 Å². The van der Waals surface area contributed by atoms with E-state index in [1.807, 2.05) is 31.7 Å².